The Hall–Kier alpha value is -1.95. The van der Waals surface area contributed by atoms with E-state index in [-0.39, 0.29) is 6.79 Å². The number of fused-ring (bicyclic) bond motifs is 1. The summed E-state index contributed by atoms with van der Waals surface area (Å²) in [6.07, 6.45) is 0. The minimum absolute atomic E-state index is 0.285. The van der Waals surface area contributed by atoms with Gasteiger partial charge in [0.25, 0.3) is 0 Å². The number of nitrogens with one attached hydrogen (secondary N) is 2. The molecule has 0 radical (unpaired) electrons. The van der Waals surface area contributed by atoms with Crippen LogP contribution in [0.25, 0.3) is 0 Å². The molecule has 6 nitrogen and oxygen atoms in total. The SMILES string of the molecule is CC(C)CNC(=NCc1ccc2c(c1)OCO2)NN. The molecule has 4 N–H and O–H groups in total. The highest BCUT2D eigenvalue weighted by Gasteiger charge is 2.12. The molecule has 1 aliphatic rings. The Bertz CT molecular complexity index is 460. The summed E-state index contributed by atoms with van der Waals surface area (Å²) in [6.45, 7) is 5.89. The molecule has 0 atom stereocenters. The van der Waals surface area contributed by atoms with Crippen molar-refractivity contribution < 1.29 is 9.47 Å². The maximum atomic E-state index is 5.43. The number of nitrogens with zero attached hydrogens (tertiary/aromatic N) is 1. The summed E-state index contributed by atoms with van der Waals surface area (Å²) in [5, 5.41) is 3.15. The molecule has 1 heterocycles. The van der Waals surface area contributed by atoms with Crippen LogP contribution in [0, 0.1) is 5.92 Å². The van der Waals surface area contributed by atoms with Gasteiger partial charge in [0.1, 0.15) is 0 Å². The van der Waals surface area contributed by atoms with Gasteiger partial charge in [0.05, 0.1) is 6.54 Å². The van der Waals surface area contributed by atoms with Crippen LogP contribution in [0.15, 0.2) is 23.2 Å². The summed E-state index contributed by atoms with van der Waals surface area (Å²) in [4.78, 5) is 4.38. The summed E-state index contributed by atoms with van der Waals surface area (Å²) < 4.78 is 10.6. The molecule has 0 aliphatic carbocycles. The molecule has 0 fully saturated rings. The van der Waals surface area contributed by atoms with Gasteiger partial charge in [0.15, 0.2) is 11.5 Å². The minimum Gasteiger partial charge on any atom is -0.454 e. The third-order valence-corrected chi connectivity index (χ3v) is 2.67. The lowest BCUT2D eigenvalue weighted by Crippen LogP contribution is -2.42. The van der Waals surface area contributed by atoms with Crippen molar-refractivity contribution in [3.05, 3.63) is 23.8 Å². The number of nitrogens with two attached hydrogens (primary N) is 1. The number of aliphatic imine (C=N–C) groups is 1. The van der Waals surface area contributed by atoms with Crippen molar-refractivity contribution in [2.24, 2.45) is 16.8 Å². The first kappa shape index (κ1) is 13.5. The normalized spacial score (nSPS) is 13.8. The molecular weight excluding hydrogens is 244 g/mol. The lowest BCUT2D eigenvalue weighted by atomic mass is 10.2. The number of ether oxygens (including phenoxy) is 2. The second-order valence-corrected chi connectivity index (χ2v) is 4.77. The molecule has 0 amide bonds. The zero-order valence-electron chi connectivity index (χ0n) is 11.3. The summed E-state index contributed by atoms with van der Waals surface area (Å²) in [5.41, 5.74) is 3.61. The van der Waals surface area contributed by atoms with E-state index in [9.17, 15) is 0 Å². The van der Waals surface area contributed by atoms with Crippen LogP contribution < -0.4 is 26.1 Å². The molecule has 19 heavy (non-hydrogen) atoms. The van der Waals surface area contributed by atoms with E-state index < -0.39 is 0 Å². The van der Waals surface area contributed by atoms with E-state index in [1.165, 1.54) is 0 Å². The molecule has 0 unspecified atom stereocenters. The Morgan fingerprint density at radius 1 is 1.37 bits per heavy atom. The van der Waals surface area contributed by atoms with Gasteiger partial charge in [-0.15, -0.1) is 0 Å². The molecule has 0 aromatic heterocycles. The van der Waals surface area contributed by atoms with Gasteiger partial charge in [-0.2, -0.15) is 0 Å². The number of hydrazine groups is 1. The fourth-order valence-corrected chi connectivity index (χ4v) is 1.66. The molecule has 0 bridgehead atoms. The molecule has 104 valence electrons. The van der Waals surface area contributed by atoms with Crippen molar-refractivity contribution in [1.82, 2.24) is 10.7 Å². The first-order valence-corrected chi connectivity index (χ1v) is 6.32. The van der Waals surface area contributed by atoms with Crippen molar-refractivity contribution in [3.8, 4) is 11.5 Å². The van der Waals surface area contributed by atoms with Gasteiger partial charge in [-0.1, -0.05) is 19.9 Å². The summed E-state index contributed by atoms with van der Waals surface area (Å²) in [5.74, 6) is 8.10. The molecule has 1 aromatic rings. The Kier molecular flexibility index (Phi) is 4.46. The summed E-state index contributed by atoms with van der Waals surface area (Å²) in [6, 6.07) is 5.79. The molecule has 0 saturated heterocycles. The lowest BCUT2D eigenvalue weighted by Gasteiger charge is -2.11. The zero-order valence-corrected chi connectivity index (χ0v) is 11.3. The maximum absolute atomic E-state index is 5.43. The maximum Gasteiger partial charge on any atom is 0.231 e. The van der Waals surface area contributed by atoms with Crippen LogP contribution in [-0.4, -0.2) is 19.3 Å². The van der Waals surface area contributed by atoms with E-state index in [0.717, 1.165) is 23.6 Å². The topological polar surface area (TPSA) is 80.9 Å². The Morgan fingerprint density at radius 3 is 2.89 bits per heavy atom. The highest BCUT2D eigenvalue weighted by atomic mass is 16.7. The highest BCUT2D eigenvalue weighted by Crippen LogP contribution is 2.32. The van der Waals surface area contributed by atoms with Crippen LogP contribution in [0.2, 0.25) is 0 Å². The largest absolute Gasteiger partial charge is 0.454 e. The third-order valence-electron chi connectivity index (χ3n) is 2.67. The Labute approximate surface area is 113 Å². The van der Waals surface area contributed by atoms with Crippen molar-refractivity contribution in [1.29, 1.82) is 0 Å². The van der Waals surface area contributed by atoms with E-state index >= 15 is 0 Å². The van der Waals surface area contributed by atoms with Gasteiger partial charge in [0, 0.05) is 6.54 Å². The van der Waals surface area contributed by atoms with Crippen LogP contribution in [0.1, 0.15) is 19.4 Å². The van der Waals surface area contributed by atoms with E-state index in [1.807, 2.05) is 18.2 Å². The molecule has 1 aromatic carbocycles. The molecule has 2 rings (SSSR count). The van der Waals surface area contributed by atoms with Crippen LogP contribution in [0.3, 0.4) is 0 Å². The number of benzene rings is 1. The second-order valence-electron chi connectivity index (χ2n) is 4.77. The smallest absolute Gasteiger partial charge is 0.231 e. The zero-order chi connectivity index (χ0) is 13.7. The molecule has 1 aliphatic heterocycles. The van der Waals surface area contributed by atoms with Crippen molar-refractivity contribution in [2.45, 2.75) is 20.4 Å². The van der Waals surface area contributed by atoms with Crippen molar-refractivity contribution in [3.63, 3.8) is 0 Å². The van der Waals surface area contributed by atoms with E-state index in [4.69, 9.17) is 15.3 Å². The molecule has 0 spiro atoms. The Morgan fingerprint density at radius 2 is 2.16 bits per heavy atom. The Balaban J connectivity index is 1.96. The van der Waals surface area contributed by atoms with E-state index in [2.05, 4.69) is 29.6 Å². The second kappa shape index (κ2) is 6.29. The van der Waals surface area contributed by atoms with Crippen LogP contribution in [0.4, 0.5) is 0 Å². The monoisotopic (exact) mass is 264 g/mol. The lowest BCUT2D eigenvalue weighted by molar-refractivity contribution is 0.174. The van der Waals surface area contributed by atoms with Gasteiger partial charge < -0.3 is 14.8 Å². The van der Waals surface area contributed by atoms with Crippen LogP contribution in [-0.2, 0) is 6.54 Å². The number of guanidine groups is 1. The molecular formula is C13H20N4O2. The van der Waals surface area contributed by atoms with Crippen LogP contribution >= 0.6 is 0 Å². The van der Waals surface area contributed by atoms with E-state index in [1.54, 1.807) is 0 Å². The molecule has 6 heteroatoms. The predicted molar refractivity (Wildman–Crippen MR) is 73.9 cm³/mol. The average Bonchev–Trinajstić information content (AvgIpc) is 2.86. The fraction of sp³-hybridized carbons (Fsp3) is 0.462. The molecule has 0 saturated carbocycles. The average molecular weight is 264 g/mol. The standard InChI is InChI=1S/C13H20N4O2/c1-9(2)6-15-13(17-14)16-7-10-3-4-11-12(5-10)19-8-18-11/h3-5,9H,6-8,14H2,1-2H3,(H2,15,16,17). The third kappa shape index (κ3) is 3.75. The number of hydrogen-bond donors (Lipinski definition) is 3. The first-order valence-electron chi connectivity index (χ1n) is 6.32. The highest BCUT2D eigenvalue weighted by molar-refractivity contribution is 5.79. The first-order chi connectivity index (χ1) is 9.19. The predicted octanol–water partition coefficient (Wildman–Crippen LogP) is 0.980. The van der Waals surface area contributed by atoms with Gasteiger partial charge in [0.2, 0.25) is 12.8 Å². The van der Waals surface area contributed by atoms with Crippen molar-refractivity contribution >= 4 is 5.96 Å². The van der Waals surface area contributed by atoms with Gasteiger partial charge in [-0.3, -0.25) is 5.43 Å². The fourth-order valence-electron chi connectivity index (χ4n) is 1.66. The number of hydrogen-bond acceptors (Lipinski definition) is 4. The van der Waals surface area contributed by atoms with Gasteiger partial charge in [-0.05, 0) is 23.6 Å². The van der Waals surface area contributed by atoms with Crippen molar-refractivity contribution in [2.75, 3.05) is 13.3 Å². The minimum atomic E-state index is 0.285. The summed E-state index contributed by atoms with van der Waals surface area (Å²) in [7, 11) is 0. The number of rotatable bonds is 4. The quantitative estimate of drug-likeness (QED) is 0.327. The van der Waals surface area contributed by atoms with Crippen LogP contribution in [0.5, 0.6) is 11.5 Å². The van der Waals surface area contributed by atoms with E-state index in [0.29, 0.717) is 18.4 Å². The summed E-state index contributed by atoms with van der Waals surface area (Å²) >= 11 is 0. The van der Waals surface area contributed by atoms with Gasteiger partial charge >= 0.3 is 0 Å². The van der Waals surface area contributed by atoms with Gasteiger partial charge in [-0.25, -0.2) is 10.8 Å².